The number of nitrogens with one attached hydrogen (secondary N) is 1. The Kier molecular flexibility index (Phi) is 9.99. The van der Waals surface area contributed by atoms with Crippen LogP contribution in [0.2, 0.25) is 0 Å². The molecule has 1 fully saturated rings. The van der Waals surface area contributed by atoms with Crippen molar-refractivity contribution in [3.63, 3.8) is 0 Å². The lowest BCUT2D eigenvalue weighted by Gasteiger charge is -2.32. The number of ether oxygens (including phenoxy) is 2. The number of pyridine rings is 1. The summed E-state index contributed by atoms with van der Waals surface area (Å²) >= 11 is 0. The van der Waals surface area contributed by atoms with Crippen molar-refractivity contribution in [2.45, 2.75) is 71.6 Å². The summed E-state index contributed by atoms with van der Waals surface area (Å²) < 4.78 is 24.2. The van der Waals surface area contributed by atoms with E-state index >= 15 is 0 Å². The molecule has 4 rings (SSSR count). The van der Waals surface area contributed by atoms with Gasteiger partial charge in [0.05, 0.1) is 18.8 Å². The zero-order chi connectivity index (χ0) is 30.4. The first kappa shape index (κ1) is 31.2. The molecule has 1 aliphatic carbocycles. The Hall–Kier alpha value is -3.78. The zero-order valence-electron chi connectivity index (χ0n) is 25.4. The van der Waals surface area contributed by atoms with Crippen LogP contribution < -0.4 is 10.2 Å². The Labute approximate surface area is 248 Å². The van der Waals surface area contributed by atoms with E-state index in [4.69, 9.17) is 9.47 Å². The van der Waals surface area contributed by atoms with Crippen molar-refractivity contribution in [2.24, 2.45) is 11.8 Å². The second kappa shape index (κ2) is 13.5. The number of benzene rings is 2. The summed E-state index contributed by atoms with van der Waals surface area (Å²) in [4.78, 5) is 32.8. The van der Waals surface area contributed by atoms with E-state index in [1.165, 1.54) is 12.3 Å². The number of halogens is 1. The molecule has 3 aromatic rings. The van der Waals surface area contributed by atoms with Gasteiger partial charge in [-0.15, -0.1) is 0 Å². The van der Waals surface area contributed by atoms with E-state index in [0.717, 1.165) is 28.8 Å². The summed E-state index contributed by atoms with van der Waals surface area (Å²) in [5.41, 5.74) is 4.01. The van der Waals surface area contributed by atoms with Gasteiger partial charge in [0.25, 0.3) is 0 Å². The van der Waals surface area contributed by atoms with Crippen LogP contribution in [-0.4, -0.2) is 42.3 Å². The number of aromatic nitrogens is 1. The summed E-state index contributed by atoms with van der Waals surface area (Å²) in [5.74, 6) is -0.683. The number of methoxy groups -OCH3 is 1. The molecule has 2 unspecified atom stereocenters. The molecule has 2 aromatic carbocycles. The molecule has 1 saturated carbocycles. The third-order valence-electron chi connectivity index (χ3n) is 7.69. The molecule has 1 aromatic heterocycles. The molecule has 4 atom stereocenters. The Bertz CT molecular complexity index is 1340. The maximum atomic E-state index is 14.0. The second-order valence-electron chi connectivity index (χ2n) is 12.1. The monoisotopic (exact) mass is 575 g/mol. The number of alkyl carbamates (subject to hydrolysis) is 1. The fourth-order valence-corrected chi connectivity index (χ4v) is 5.03. The van der Waals surface area contributed by atoms with E-state index in [-0.39, 0.29) is 36.2 Å². The van der Waals surface area contributed by atoms with Crippen LogP contribution in [0.3, 0.4) is 0 Å². The van der Waals surface area contributed by atoms with Gasteiger partial charge >= 0.3 is 6.09 Å². The minimum atomic E-state index is -0.638. The quantitative estimate of drug-likeness (QED) is 0.264. The lowest BCUT2D eigenvalue weighted by Crippen LogP contribution is -2.50. The number of hydrogen-bond donors (Lipinski definition) is 1. The number of nitrogens with zero attached hydrogens (tertiary/aromatic N) is 2. The molecule has 1 N–H and O–H groups in total. The predicted molar refractivity (Wildman–Crippen MR) is 163 cm³/mol. The van der Waals surface area contributed by atoms with E-state index in [2.05, 4.69) is 36.3 Å². The molecule has 0 bridgehead atoms. The smallest absolute Gasteiger partial charge is 0.407 e. The van der Waals surface area contributed by atoms with Gasteiger partial charge in [-0.1, -0.05) is 56.7 Å². The average Bonchev–Trinajstić information content (AvgIpc) is 3.76. The first-order chi connectivity index (χ1) is 20.0. The molecule has 1 aliphatic rings. The maximum absolute atomic E-state index is 14.0. The molecule has 2 amide bonds. The van der Waals surface area contributed by atoms with Crippen LogP contribution in [0.25, 0.3) is 11.1 Å². The average molecular weight is 576 g/mol. The number of hydrogen-bond acceptors (Lipinski definition) is 5. The van der Waals surface area contributed by atoms with E-state index in [0.29, 0.717) is 18.7 Å². The van der Waals surface area contributed by atoms with Gasteiger partial charge in [0.1, 0.15) is 11.4 Å². The third-order valence-corrected chi connectivity index (χ3v) is 7.69. The first-order valence-corrected chi connectivity index (χ1v) is 14.6. The number of anilines is 1. The summed E-state index contributed by atoms with van der Waals surface area (Å²) in [6.45, 7) is 10.4. The highest BCUT2D eigenvalue weighted by Crippen LogP contribution is 2.48. The molecule has 1 heterocycles. The summed E-state index contributed by atoms with van der Waals surface area (Å²) in [6.07, 6.45) is 2.14. The van der Waals surface area contributed by atoms with Crippen LogP contribution in [0.5, 0.6) is 0 Å². The first-order valence-electron chi connectivity index (χ1n) is 14.6. The second-order valence-corrected chi connectivity index (χ2v) is 12.1. The van der Waals surface area contributed by atoms with Crippen LogP contribution in [0.4, 0.5) is 14.9 Å². The fourth-order valence-electron chi connectivity index (χ4n) is 5.03. The van der Waals surface area contributed by atoms with Crippen LogP contribution >= 0.6 is 0 Å². The van der Waals surface area contributed by atoms with Crippen molar-refractivity contribution in [1.82, 2.24) is 10.3 Å². The Morgan fingerprint density at radius 2 is 1.69 bits per heavy atom. The van der Waals surface area contributed by atoms with Gasteiger partial charge in [-0.2, -0.15) is 0 Å². The van der Waals surface area contributed by atoms with Crippen molar-refractivity contribution in [2.75, 3.05) is 18.6 Å². The highest BCUT2D eigenvalue weighted by Gasteiger charge is 2.47. The van der Waals surface area contributed by atoms with Gasteiger partial charge in [0, 0.05) is 36.9 Å². The van der Waals surface area contributed by atoms with E-state index in [1.54, 1.807) is 18.1 Å². The van der Waals surface area contributed by atoms with Gasteiger partial charge in [0.15, 0.2) is 0 Å². The number of rotatable bonds is 11. The van der Waals surface area contributed by atoms with Gasteiger partial charge in [-0.05, 0) is 74.1 Å². The van der Waals surface area contributed by atoms with Crippen LogP contribution in [0.15, 0.2) is 66.9 Å². The van der Waals surface area contributed by atoms with Crippen molar-refractivity contribution in [3.8, 4) is 11.1 Å². The molecule has 7 nitrogen and oxygen atoms in total. The fraction of sp³-hybridized carbons (Fsp3) is 0.441. The minimum absolute atomic E-state index is 0.0397. The lowest BCUT2D eigenvalue weighted by molar-refractivity contribution is -0.120. The largest absolute Gasteiger partial charge is 0.444 e. The van der Waals surface area contributed by atoms with Crippen molar-refractivity contribution in [1.29, 1.82) is 0 Å². The zero-order valence-corrected chi connectivity index (χ0v) is 25.4. The SMILES string of the molecule is CC[C@H](C)[C@@H](CN(C(=O)C1CC1c1ccc(F)cn1)c1ccc(-c2ccc(COC)cc2)cc1)NC(=O)OC(C)(C)C. The molecule has 0 spiro atoms. The number of carbonyl (C=O) groups excluding carboxylic acids is 2. The van der Waals surface area contributed by atoms with Gasteiger partial charge in [-0.25, -0.2) is 9.18 Å². The third kappa shape index (κ3) is 8.16. The van der Waals surface area contributed by atoms with Crippen LogP contribution in [-0.2, 0) is 20.9 Å². The van der Waals surface area contributed by atoms with Crippen LogP contribution in [0.1, 0.15) is 64.6 Å². The maximum Gasteiger partial charge on any atom is 0.407 e. The van der Waals surface area contributed by atoms with Crippen molar-refractivity contribution >= 4 is 17.7 Å². The van der Waals surface area contributed by atoms with Gasteiger partial charge in [-0.3, -0.25) is 9.78 Å². The van der Waals surface area contributed by atoms with Gasteiger partial charge in [0.2, 0.25) is 5.91 Å². The van der Waals surface area contributed by atoms with Crippen molar-refractivity contribution in [3.05, 3.63) is 83.9 Å². The Balaban J connectivity index is 1.60. The molecule has 0 aliphatic heterocycles. The summed E-state index contributed by atoms with van der Waals surface area (Å²) in [5, 5.41) is 3.02. The van der Waals surface area contributed by atoms with E-state index in [9.17, 15) is 14.0 Å². The number of amides is 2. The number of carbonyl (C=O) groups is 2. The van der Waals surface area contributed by atoms with Gasteiger partial charge < -0.3 is 19.7 Å². The standard InChI is InChI=1S/C34H42FN3O4/c1-7-22(2)31(37-33(40)42-34(3,4)5)20-38(32(39)29-18-28(29)30-17-14-26(35)19-36-30)27-15-12-25(13-16-27)24-10-8-23(9-11-24)21-41-6/h8-17,19,22,28-29,31H,7,18,20-21H2,1-6H3,(H,37,40)/t22-,28?,29?,31+/m0/s1. The lowest BCUT2D eigenvalue weighted by atomic mass is 9.97. The summed E-state index contributed by atoms with van der Waals surface area (Å²) in [6, 6.07) is 18.8. The Morgan fingerprint density at radius 1 is 1.05 bits per heavy atom. The predicted octanol–water partition coefficient (Wildman–Crippen LogP) is 7.11. The normalized spacial score (nSPS) is 17.7. The summed E-state index contributed by atoms with van der Waals surface area (Å²) in [7, 11) is 1.68. The topological polar surface area (TPSA) is 80.8 Å². The molecule has 224 valence electrons. The highest BCUT2D eigenvalue weighted by molar-refractivity contribution is 5.97. The molecule has 0 saturated heterocycles. The van der Waals surface area contributed by atoms with E-state index in [1.807, 2.05) is 57.2 Å². The Morgan fingerprint density at radius 3 is 2.24 bits per heavy atom. The molecule has 8 heteroatoms. The minimum Gasteiger partial charge on any atom is -0.444 e. The highest BCUT2D eigenvalue weighted by atomic mass is 19.1. The molecular formula is C34H42FN3O4. The van der Waals surface area contributed by atoms with Crippen molar-refractivity contribution < 1.29 is 23.5 Å². The van der Waals surface area contributed by atoms with Crippen LogP contribution in [0, 0.1) is 17.7 Å². The molecule has 42 heavy (non-hydrogen) atoms. The molecule has 0 radical (unpaired) electrons. The van der Waals surface area contributed by atoms with E-state index < -0.39 is 17.5 Å². The molecular weight excluding hydrogens is 533 g/mol.